The summed E-state index contributed by atoms with van der Waals surface area (Å²) in [6.07, 6.45) is 5.64. The topological polar surface area (TPSA) is 18.5 Å². The van der Waals surface area contributed by atoms with Gasteiger partial charge in [0.1, 0.15) is 12.4 Å². The summed E-state index contributed by atoms with van der Waals surface area (Å²) in [5, 5.41) is 0. The number of ether oxygens (including phenoxy) is 2. The minimum absolute atomic E-state index is 0.592. The lowest BCUT2D eigenvalue weighted by Crippen LogP contribution is -2.02. The van der Waals surface area contributed by atoms with Gasteiger partial charge in [0, 0.05) is 0 Å². The Morgan fingerprint density at radius 3 is 2.81 bits per heavy atom. The Bertz CT molecular complexity index is 330. The van der Waals surface area contributed by atoms with Crippen molar-refractivity contribution in [1.29, 1.82) is 0 Å². The molecule has 86 valence electrons. The average molecular weight is 218 g/mol. The molecule has 0 aromatic heterocycles. The molecular weight excluding hydrogens is 200 g/mol. The van der Waals surface area contributed by atoms with Crippen LogP contribution in [-0.2, 0) is 16.1 Å². The molecule has 1 heterocycles. The maximum atomic E-state index is 5.62. The zero-order chi connectivity index (χ0) is 11.1. The summed E-state index contributed by atoms with van der Waals surface area (Å²) in [5.74, 6) is 0.994. The Hall–Kier alpha value is -1.28. The van der Waals surface area contributed by atoms with Gasteiger partial charge in [-0.25, -0.2) is 0 Å². The van der Waals surface area contributed by atoms with Crippen LogP contribution in [0.3, 0.4) is 0 Å². The van der Waals surface area contributed by atoms with E-state index in [9.17, 15) is 0 Å². The molecule has 2 rings (SSSR count). The fraction of sp³-hybridized carbons (Fsp3) is 0.429. The molecule has 0 atom stereocenters. The fourth-order valence-electron chi connectivity index (χ4n) is 1.72. The van der Waals surface area contributed by atoms with Crippen molar-refractivity contribution in [2.24, 2.45) is 0 Å². The molecular formula is C14H18O2. The van der Waals surface area contributed by atoms with Gasteiger partial charge < -0.3 is 9.47 Å². The summed E-state index contributed by atoms with van der Waals surface area (Å²) in [7, 11) is 0. The first-order valence-electron chi connectivity index (χ1n) is 5.88. The Morgan fingerprint density at radius 1 is 1.06 bits per heavy atom. The van der Waals surface area contributed by atoms with Crippen molar-refractivity contribution in [3.05, 3.63) is 47.7 Å². The van der Waals surface area contributed by atoms with E-state index in [2.05, 4.69) is 18.2 Å². The molecule has 1 aromatic carbocycles. The lowest BCUT2D eigenvalue weighted by atomic mass is 10.2. The molecule has 0 saturated carbocycles. The molecule has 0 fully saturated rings. The first kappa shape index (κ1) is 11.2. The zero-order valence-corrected chi connectivity index (χ0v) is 9.52. The van der Waals surface area contributed by atoms with Crippen molar-refractivity contribution in [3.63, 3.8) is 0 Å². The van der Waals surface area contributed by atoms with Crippen LogP contribution < -0.4 is 0 Å². The third-order valence-corrected chi connectivity index (χ3v) is 2.61. The lowest BCUT2D eigenvalue weighted by molar-refractivity contribution is 0.0892. The van der Waals surface area contributed by atoms with Crippen LogP contribution in [0.25, 0.3) is 0 Å². The van der Waals surface area contributed by atoms with E-state index >= 15 is 0 Å². The Kier molecular flexibility index (Phi) is 4.44. The van der Waals surface area contributed by atoms with Crippen LogP contribution in [0, 0.1) is 0 Å². The monoisotopic (exact) mass is 218 g/mol. The molecule has 0 spiro atoms. The molecule has 0 radical (unpaired) electrons. The van der Waals surface area contributed by atoms with Gasteiger partial charge in [-0.2, -0.15) is 0 Å². The first-order chi connectivity index (χ1) is 7.95. The van der Waals surface area contributed by atoms with Crippen molar-refractivity contribution < 1.29 is 9.47 Å². The van der Waals surface area contributed by atoms with Crippen molar-refractivity contribution in [3.8, 4) is 0 Å². The molecule has 16 heavy (non-hydrogen) atoms. The molecule has 0 amide bonds. The largest absolute Gasteiger partial charge is 0.496 e. The quantitative estimate of drug-likeness (QED) is 0.772. The van der Waals surface area contributed by atoms with Crippen LogP contribution in [0.5, 0.6) is 0 Å². The SMILES string of the molecule is C1=C(COCc2ccccc2)OCCCC1. The molecule has 1 aromatic rings. The van der Waals surface area contributed by atoms with E-state index in [0.29, 0.717) is 13.2 Å². The van der Waals surface area contributed by atoms with E-state index in [-0.39, 0.29) is 0 Å². The maximum Gasteiger partial charge on any atom is 0.118 e. The smallest absolute Gasteiger partial charge is 0.118 e. The van der Waals surface area contributed by atoms with Gasteiger partial charge in [0.05, 0.1) is 13.2 Å². The van der Waals surface area contributed by atoms with Gasteiger partial charge in [-0.15, -0.1) is 0 Å². The normalized spacial score (nSPS) is 16.1. The highest BCUT2D eigenvalue weighted by atomic mass is 16.5. The van der Waals surface area contributed by atoms with Crippen LogP contribution >= 0.6 is 0 Å². The van der Waals surface area contributed by atoms with Gasteiger partial charge in [-0.1, -0.05) is 30.3 Å². The van der Waals surface area contributed by atoms with Crippen molar-refractivity contribution in [1.82, 2.24) is 0 Å². The van der Waals surface area contributed by atoms with E-state index in [4.69, 9.17) is 9.47 Å². The fourth-order valence-corrected chi connectivity index (χ4v) is 1.72. The van der Waals surface area contributed by atoms with Crippen molar-refractivity contribution in [2.75, 3.05) is 13.2 Å². The number of allylic oxidation sites excluding steroid dienone is 1. The van der Waals surface area contributed by atoms with Gasteiger partial charge in [0.2, 0.25) is 0 Å². The lowest BCUT2D eigenvalue weighted by Gasteiger charge is -2.08. The van der Waals surface area contributed by atoms with Crippen LogP contribution in [-0.4, -0.2) is 13.2 Å². The zero-order valence-electron chi connectivity index (χ0n) is 9.52. The van der Waals surface area contributed by atoms with Gasteiger partial charge in [0.15, 0.2) is 0 Å². The van der Waals surface area contributed by atoms with E-state index < -0.39 is 0 Å². The second-order valence-electron chi connectivity index (χ2n) is 3.99. The molecule has 0 N–H and O–H groups in total. The van der Waals surface area contributed by atoms with Crippen LogP contribution in [0.1, 0.15) is 24.8 Å². The third kappa shape index (κ3) is 3.70. The Labute approximate surface area is 96.9 Å². The van der Waals surface area contributed by atoms with E-state index in [1.807, 2.05) is 18.2 Å². The van der Waals surface area contributed by atoms with Crippen molar-refractivity contribution in [2.45, 2.75) is 25.9 Å². The Morgan fingerprint density at radius 2 is 1.94 bits per heavy atom. The van der Waals surface area contributed by atoms with Crippen molar-refractivity contribution >= 4 is 0 Å². The van der Waals surface area contributed by atoms with Gasteiger partial charge >= 0.3 is 0 Å². The van der Waals surface area contributed by atoms with E-state index in [1.54, 1.807) is 0 Å². The highest BCUT2D eigenvalue weighted by Crippen LogP contribution is 2.11. The predicted octanol–water partition coefficient (Wildman–Crippen LogP) is 3.29. The van der Waals surface area contributed by atoms with Crippen LogP contribution in [0.15, 0.2) is 42.2 Å². The van der Waals surface area contributed by atoms with Gasteiger partial charge in [-0.3, -0.25) is 0 Å². The molecule has 0 bridgehead atoms. The average Bonchev–Trinajstić information content (AvgIpc) is 2.59. The summed E-state index contributed by atoms with van der Waals surface area (Å²) in [5.41, 5.74) is 1.21. The summed E-state index contributed by atoms with van der Waals surface area (Å²) < 4.78 is 11.2. The number of benzene rings is 1. The second kappa shape index (κ2) is 6.33. The van der Waals surface area contributed by atoms with Gasteiger partial charge in [-0.05, 0) is 30.9 Å². The molecule has 2 nitrogen and oxygen atoms in total. The summed E-state index contributed by atoms with van der Waals surface area (Å²) in [6, 6.07) is 10.2. The van der Waals surface area contributed by atoms with Crippen LogP contribution in [0.4, 0.5) is 0 Å². The number of rotatable bonds is 4. The molecule has 0 saturated heterocycles. The van der Waals surface area contributed by atoms with E-state index in [0.717, 1.165) is 25.2 Å². The van der Waals surface area contributed by atoms with Crippen LogP contribution in [0.2, 0.25) is 0 Å². The number of hydrogen-bond donors (Lipinski definition) is 0. The Balaban J connectivity index is 1.73. The second-order valence-corrected chi connectivity index (χ2v) is 3.99. The predicted molar refractivity (Wildman–Crippen MR) is 64.0 cm³/mol. The third-order valence-electron chi connectivity index (χ3n) is 2.61. The summed E-state index contributed by atoms with van der Waals surface area (Å²) in [4.78, 5) is 0. The van der Waals surface area contributed by atoms with E-state index in [1.165, 1.54) is 12.0 Å². The molecule has 1 aliphatic heterocycles. The maximum absolute atomic E-state index is 5.62. The molecule has 1 aliphatic rings. The first-order valence-corrected chi connectivity index (χ1v) is 5.88. The highest BCUT2D eigenvalue weighted by Gasteiger charge is 2.03. The molecule has 0 unspecified atom stereocenters. The molecule has 2 heteroatoms. The summed E-state index contributed by atoms with van der Waals surface area (Å²) >= 11 is 0. The highest BCUT2D eigenvalue weighted by molar-refractivity contribution is 5.13. The summed E-state index contributed by atoms with van der Waals surface area (Å²) in [6.45, 7) is 2.08. The minimum Gasteiger partial charge on any atom is -0.496 e. The van der Waals surface area contributed by atoms with Gasteiger partial charge in [0.25, 0.3) is 0 Å². The number of hydrogen-bond acceptors (Lipinski definition) is 2. The standard InChI is InChI=1S/C14H18O2/c1-3-7-13(8-4-1)11-15-12-14-9-5-2-6-10-16-14/h1,3-4,7-9H,2,5-6,10-12H2. The minimum atomic E-state index is 0.592. The molecule has 0 aliphatic carbocycles.